The van der Waals surface area contributed by atoms with Gasteiger partial charge in [-0.15, -0.1) is 0 Å². The van der Waals surface area contributed by atoms with Gasteiger partial charge in [0.15, 0.2) is 0 Å². The van der Waals surface area contributed by atoms with Crippen LogP contribution >= 0.6 is 0 Å². The van der Waals surface area contributed by atoms with Gasteiger partial charge in [-0.3, -0.25) is 0 Å². The molecule has 0 heterocycles. The van der Waals surface area contributed by atoms with Crippen LogP contribution in [0.5, 0.6) is 0 Å². The van der Waals surface area contributed by atoms with Crippen LogP contribution in [0.25, 0.3) is 0 Å². The largest absolute Gasteiger partial charge is 0.388 e. The Hall–Kier alpha value is -1.96. The molecule has 0 aromatic heterocycles. The number of hydrogen-bond donors (Lipinski definition) is 2. The summed E-state index contributed by atoms with van der Waals surface area (Å²) < 4.78 is 0. The zero-order valence-electron chi connectivity index (χ0n) is 11.9. The van der Waals surface area contributed by atoms with Crippen molar-refractivity contribution in [3.8, 4) is 0 Å². The molecule has 0 bridgehead atoms. The van der Waals surface area contributed by atoms with E-state index in [1.54, 1.807) is 0 Å². The molecule has 2 heteroatoms. The van der Waals surface area contributed by atoms with E-state index in [2.05, 4.69) is 73.0 Å². The highest BCUT2D eigenvalue weighted by Gasteiger charge is 1.99. The molecule has 2 nitrogen and oxygen atoms in total. The van der Waals surface area contributed by atoms with Crippen LogP contribution in [0, 0.1) is 0 Å². The van der Waals surface area contributed by atoms with Crippen molar-refractivity contribution >= 4 is 11.4 Å². The summed E-state index contributed by atoms with van der Waals surface area (Å²) in [7, 11) is 1.94. The molecule has 2 aromatic rings. The van der Waals surface area contributed by atoms with Crippen LogP contribution in [-0.2, 0) is 6.42 Å². The quantitative estimate of drug-likeness (QED) is 0.838. The van der Waals surface area contributed by atoms with Crippen molar-refractivity contribution in [2.45, 2.75) is 26.3 Å². The topological polar surface area (TPSA) is 24.1 Å². The molecule has 0 atom stereocenters. The van der Waals surface area contributed by atoms with Crippen molar-refractivity contribution in [2.75, 3.05) is 17.7 Å². The van der Waals surface area contributed by atoms with Crippen LogP contribution in [0.3, 0.4) is 0 Å². The summed E-state index contributed by atoms with van der Waals surface area (Å²) in [5.74, 6) is 0. The van der Waals surface area contributed by atoms with Gasteiger partial charge in [-0.2, -0.15) is 0 Å². The van der Waals surface area contributed by atoms with Crippen LogP contribution in [0.2, 0.25) is 0 Å². The van der Waals surface area contributed by atoms with Crippen molar-refractivity contribution in [2.24, 2.45) is 0 Å². The van der Waals surface area contributed by atoms with Crippen molar-refractivity contribution in [1.82, 2.24) is 0 Å². The van der Waals surface area contributed by atoms with Crippen LogP contribution in [0.15, 0.2) is 48.5 Å². The van der Waals surface area contributed by atoms with Crippen LogP contribution in [-0.4, -0.2) is 13.1 Å². The molecule has 0 aliphatic rings. The van der Waals surface area contributed by atoms with Gasteiger partial charge in [-0.1, -0.05) is 24.3 Å². The average Bonchev–Trinajstić information content (AvgIpc) is 2.41. The Bertz CT molecular complexity index is 498. The Balaban J connectivity index is 2.02. The van der Waals surface area contributed by atoms with E-state index in [0.29, 0.717) is 6.04 Å². The SMILES string of the molecule is CNc1ccc(Cc2ccc(NC(C)C)cc2)cc1. The second-order valence-electron chi connectivity index (χ2n) is 5.12. The summed E-state index contributed by atoms with van der Waals surface area (Å²) in [6, 6.07) is 17.7. The zero-order chi connectivity index (χ0) is 13.7. The second kappa shape index (κ2) is 6.28. The lowest BCUT2D eigenvalue weighted by Gasteiger charge is -2.10. The monoisotopic (exact) mass is 254 g/mol. The van der Waals surface area contributed by atoms with Crippen LogP contribution in [0.4, 0.5) is 11.4 Å². The van der Waals surface area contributed by atoms with Gasteiger partial charge in [0, 0.05) is 24.5 Å². The molecule has 2 aromatic carbocycles. The molecule has 0 aliphatic heterocycles. The second-order valence-corrected chi connectivity index (χ2v) is 5.12. The van der Waals surface area contributed by atoms with Crippen LogP contribution in [0.1, 0.15) is 25.0 Å². The molecule has 0 fully saturated rings. The van der Waals surface area contributed by atoms with Crippen molar-refractivity contribution in [1.29, 1.82) is 0 Å². The normalized spacial score (nSPS) is 10.5. The van der Waals surface area contributed by atoms with E-state index in [0.717, 1.165) is 12.1 Å². The van der Waals surface area contributed by atoms with Gasteiger partial charge in [0.2, 0.25) is 0 Å². The molecule has 0 radical (unpaired) electrons. The Labute approximate surface area is 115 Å². The minimum absolute atomic E-state index is 0.472. The molecule has 0 saturated heterocycles. The maximum atomic E-state index is 3.40. The van der Waals surface area contributed by atoms with E-state index in [4.69, 9.17) is 0 Å². The smallest absolute Gasteiger partial charge is 0.0342 e. The van der Waals surface area contributed by atoms with E-state index in [1.165, 1.54) is 16.8 Å². The lowest BCUT2D eigenvalue weighted by molar-refractivity contribution is 0.899. The lowest BCUT2D eigenvalue weighted by Crippen LogP contribution is -2.09. The zero-order valence-corrected chi connectivity index (χ0v) is 11.9. The molecule has 0 spiro atoms. The number of nitrogens with one attached hydrogen (secondary N) is 2. The molecule has 2 rings (SSSR count). The third kappa shape index (κ3) is 4.02. The molecular weight excluding hydrogens is 232 g/mol. The van der Waals surface area contributed by atoms with Crippen molar-refractivity contribution < 1.29 is 0 Å². The van der Waals surface area contributed by atoms with Crippen molar-refractivity contribution in [3.63, 3.8) is 0 Å². The van der Waals surface area contributed by atoms with Crippen molar-refractivity contribution in [3.05, 3.63) is 59.7 Å². The van der Waals surface area contributed by atoms with Crippen LogP contribution < -0.4 is 10.6 Å². The molecule has 0 amide bonds. The molecule has 100 valence electrons. The Morgan fingerprint density at radius 2 is 1.26 bits per heavy atom. The average molecular weight is 254 g/mol. The van der Waals surface area contributed by atoms with Gasteiger partial charge in [-0.25, -0.2) is 0 Å². The molecule has 0 saturated carbocycles. The Morgan fingerprint density at radius 1 is 0.789 bits per heavy atom. The third-order valence-electron chi connectivity index (χ3n) is 3.06. The summed E-state index contributed by atoms with van der Waals surface area (Å²) in [6.07, 6.45) is 0.978. The van der Waals surface area contributed by atoms with E-state index in [1.807, 2.05) is 7.05 Å². The van der Waals surface area contributed by atoms with Gasteiger partial charge in [-0.05, 0) is 55.7 Å². The highest BCUT2D eigenvalue weighted by molar-refractivity contribution is 5.47. The summed E-state index contributed by atoms with van der Waals surface area (Å²) in [6.45, 7) is 4.30. The fourth-order valence-corrected chi connectivity index (χ4v) is 2.08. The summed E-state index contributed by atoms with van der Waals surface area (Å²) in [4.78, 5) is 0. The predicted octanol–water partition coefficient (Wildman–Crippen LogP) is 4.14. The van der Waals surface area contributed by atoms with E-state index < -0.39 is 0 Å². The summed E-state index contributed by atoms with van der Waals surface area (Å²) in [5, 5.41) is 6.54. The molecule has 0 aliphatic carbocycles. The molecule has 2 N–H and O–H groups in total. The van der Waals surface area contributed by atoms with Gasteiger partial charge in [0.05, 0.1) is 0 Å². The Morgan fingerprint density at radius 3 is 1.68 bits per heavy atom. The molecule has 0 unspecified atom stereocenters. The maximum Gasteiger partial charge on any atom is 0.0342 e. The first-order chi connectivity index (χ1) is 9.17. The highest BCUT2D eigenvalue weighted by atomic mass is 14.9. The van der Waals surface area contributed by atoms with E-state index in [-0.39, 0.29) is 0 Å². The number of rotatable bonds is 5. The number of anilines is 2. The van der Waals surface area contributed by atoms with E-state index in [9.17, 15) is 0 Å². The van der Waals surface area contributed by atoms with Gasteiger partial charge >= 0.3 is 0 Å². The first kappa shape index (κ1) is 13.5. The third-order valence-corrected chi connectivity index (χ3v) is 3.06. The first-order valence-corrected chi connectivity index (χ1v) is 6.79. The van der Waals surface area contributed by atoms with Gasteiger partial charge < -0.3 is 10.6 Å². The lowest BCUT2D eigenvalue weighted by atomic mass is 10.0. The Kier molecular flexibility index (Phi) is 4.45. The van der Waals surface area contributed by atoms with Gasteiger partial charge in [0.1, 0.15) is 0 Å². The highest BCUT2D eigenvalue weighted by Crippen LogP contribution is 2.16. The molecule has 19 heavy (non-hydrogen) atoms. The number of hydrogen-bond acceptors (Lipinski definition) is 2. The maximum absolute atomic E-state index is 3.40. The fraction of sp³-hybridized carbons (Fsp3) is 0.294. The summed E-state index contributed by atoms with van der Waals surface area (Å²) in [5.41, 5.74) is 5.01. The summed E-state index contributed by atoms with van der Waals surface area (Å²) >= 11 is 0. The fourth-order valence-electron chi connectivity index (χ4n) is 2.08. The first-order valence-electron chi connectivity index (χ1n) is 6.79. The minimum atomic E-state index is 0.472. The predicted molar refractivity (Wildman–Crippen MR) is 84.0 cm³/mol. The minimum Gasteiger partial charge on any atom is -0.388 e. The van der Waals surface area contributed by atoms with Gasteiger partial charge in [0.25, 0.3) is 0 Å². The number of benzene rings is 2. The van der Waals surface area contributed by atoms with E-state index >= 15 is 0 Å². The molecular formula is C17H22N2. The standard InChI is InChI=1S/C17H22N2/c1-13(2)19-17-10-6-15(7-11-17)12-14-4-8-16(18-3)9-5-14/h4-11,13,18-19H,12H2,1-3H3.